The molecule has 0 aliphatic carbocycles. The fourth-order valence-electron chi connectivity index (χ4n) is 1.45. The summed E-state index contributed by atoms with van der Waals surface area (Å²) in [6, 6.07) is 17.5. The summed E-state index contributed by atoms with van der Waals surface area (Å²) in [6.45, 7) is 1.97. The molecule has 2 rings (SSSR count). The minimum absolute atomic E-state index is 0.697. The van der Waals surface area contributed by atoms with E-state index in [0.29, 0.717) is 5.02 Å². The van der Waals surface area contributed by atoms with Gasteiger partial charge < -0.3 is 0 Å². The maximum absolute atomic E-state index is 5.89. The number of hydrazone groups is 1. The number of halogens is 1. The molecule has 1 N–H and O–H groups in total. The molecule has 0 saturated heterocycles. The second-order valence-electron chi connectivity index (χ2n) is 3.69. The molecule has 0 atom stereocenters. The summed E-state index contributed by atoms with van der Waals surface area (Å²) in [5.41, 5.74) is 5.90. The van der Waals surface area contributed by atoms with E-state index in [1.807, 2.05) is 61.5 Å². The number of hydrogen-bond donors (Lipinski definition) is 1. The van der Waals surface area contributed by atoms with Gasteiger partial charge in [0.2, 0.25) is 0 Å². The summed E-state index contributed by atoms with van der Waals surface area (Å²) < 4.78 is 0. The highest BCUT2D eigenvalue weighted by atomic mass is 35.5. The normalized spacial score (nSPS) is 11.3. The molecule has 86 valence electrons. The zero-order valence-corrected chi connectivity index (χ0v) is 10.3. The van der Waals surface area contributed by atoms with Gasteiger partial charge in [-0.05, 0) is 30.7 Å². The van der Waals surface area contributed by atoms with Crippen LogP contribution in [0.2, 0.25) is 5.02 Å². The van der Waals surface area contributed by atoms with Crippen molar-refractivity contribution in [2.24, 2.45) is 5.10 Å². The van der Waals surface area contributed by atoms with E-state index in [1.54, 1.807) is 0 Å². The molecule has 0 spiro atoms. The Morgan fingerprint density at radius 1 is 1.06 bits per heavy atom. The van der Waals surface area contributed by atoms with Gasteiger partial charge in [0.1, 0.15) is 0 Å². The molecule has 0 bridgehead atoms. The molecule has 0 aromatic heterocycles. The topological polar surface area (TPSA) is 24.4 Å². The molecule has 17 heavy (non-hydrogen) atoms. The van der Waals surface area contributed by atoms with E-state index in [0.717, 1.165) is 17.0 Å². The molecule has 0 amide bonds. The number of nitrogens with zero attached hydrogens (tertiary/aromatic N) is 1. The molecule has 3 heteroatoms. The van der Waals surface area contributed by atoms with E-state index in [2.05, 4.69) is 10.5 Å². The highest BCUT2D eigenvalue weighted by Crippen LogP contribution is 2.15. The molecule has 0 aliphatic rings. The second-order valence-corrected chi connectivity index (χ2v) is 4.12. The number of nitrogens with one attached hydrogen (secondary N) is 1. The van der Waals surface area contributed by atoms with Crippen molar-refractivity contribution < 1.29 is 0 Å². The molecule has 2 nitrogen and oxygen atoms in total. The van der Waals surface area contributed by atoms with Gasteiger partial charge in [-0.3, -0.25) is 5.43 Å². The Morgan fingerprint density at radius 3 is 2.53 bits per heavy atom. The van der Waals surface area contributed by atoms with Crippen molar-refractivity contribution in [3.8, 4) is 0 Å². The maximum atomic E-state index is 5.89. The van der Waals surface area contributed by atoms with Crippen LogP contribution in [0.3, 0.4) is 0 Å². The number of anilines is 1. The smallest absolute Gasteiger partial charge is 0.0648 e. The van der Waals surface area contributed by atoms with Crippen molar-refractivity contribution in [2.75, 3.05) is 5.43 Å². The van der Waals surface area contributed by atoms with Gasteiger partial charge >= 0.3 is 0 Å². The van der Waals surface area contributed by atoms with Crippen LogP contribution >= 0.6 is 11.6 Å². The summed E-state index contributed by atoms with van der Waals surface area (Å²) in [5.74, 6) is 0. The lowest BCUT2D eigenvalue weighted by Gasteiger charge is -2.03. The second kappa shape index (κ2) is 5.51. The van der Waals surface area contributed by atoms with Crippen molar-refractivity contribution in [3.05, 3.63) is 65.2 Å². The van der Waals surface area contributed by atoms with Crippen LogP contribution in [-0.2, 0) is 0 Å². The molecule has 0 saturated carbocycles. The quantitative estimate of drug-likeness (QED) is 0.636. The van der Waals surface area contributed by atoms with Crippen molar-refractivity contribution in [1.29, 1.82) is 0 Å². The Morgan fingerprint density at radius 2 is 1.82 bits per heavy atom. The highest BCUT2D eigenvalue weighted by Gasteiger charge is 1.96. The number of rotatable bonds is 3. The fraction of sp³-hybridized carbons (Fsp3) is 0.0714. The van der Waals surface area contributed by atoms with Crippen LogP contribution in [0.25, 0.3) is 0 Å². The average molecular weight is 245 g/mol. The lowest BCUT2D eigenvalue weighted by atomic mass is 10.1. The van der Waals surface area contributed by atoms with E-state index in [-0.39, 0.29) is 0 Å². The maximum Gasteiger partial charge on any atom is 0.0648 e. The van der Waals surface area contributed by atoms with Crippen molar-refractivity contribution in [3.63, 3.8) is 0 Å². The van der Waals surface area contributed by atoms with Crippen LogP contribution in [0.5, 0.6) is 0 Å². The SMILES string of the molecule is C/C(=N/Nc1cccc(Cl)c1)c1ccccc1. The summed E-state index contributed by atoms with van der Waals surface area (Å²) in [6.07, 6.45) is 0. The largest absolute Gasteiger partial charge is 0.278 e. The van der Waals surface area contributed by atoms with Crippen molar-refractivity contribution in [1.82, 2.24) is 0 Å². The van der Waals surface area contributed by atoms with Gasteiger partial charge in [0, 0.05) is 5.02 Å². The summed E-state index contributed by atoms with van der Waals surface area (Å²) in [5, 5.41) is 5.01. The Hall–Kier alpha value is -1.80. The van der Waals surface area contributed by atoms with E-state index in [1.165, 1.54) is 0 Å². The third-order valence-corrected chi connectivity index (χ3v) is 2.60. The van der Waals surface area contributed by atoms with Gasteiger partial charge in [0.25, 0.3) is 0 Å². The lowest BCUT2D eigenvalue weighted by molar-refractivity contribution is 1.32. The fourth-order valence-corrected chi connectivity index (χ4v) is 1.64. The molecule has 0 fully saturated rings. The molecular formula is C14H13ClN2. The first-order valence-electron chi connectivity index (χ1n) is 5.37. The van der Waals surface area contributed by atoms with Crippen LogP contribution in [0.1, 0.15) is 12.5 Å². The van der Waals surface area contributed by atoms with Crippen LogP contribution < -0.4 is 5.43 Å². The Bertz CT molecular complexity index is 521. The summed E-state index contributed by atoms with van der Waals surface area (Å²) in [4.78, 5) is 0. The minimum atomic E-state index is 0.697. The van der Waals surface area contributed by atoms with Crippen LogP contribution in [0, 0.1) is 0 Å². The van der Waals surface area contributed by atoms with E-state index >= 15 is 0 Å². The lowest BCUT2D eigenvalue weighted by Crippen LogP contribution is -1.99. The monoisotopic (exact) mass is 244 g/mol. The molecule has 2 aromatic carbocycles. The molecule has 2 aromatic rings. The van der Waals surface area contributed by atoms with Crippen molar-refractivity contribution >= 4 is 23.0 Å². The van der Waals surface area contributed by atoms with Crippen LogP contribution in [0.4, 0.5) is 5.69 Å². The van der Waals surface area contributed by atoms with Gasteiger partial charge in [-0.1, -0.05) is 48.0 Å². The van der Waals surface area contributed by atoms with E-state index in [4.69, 9.17) is 11.6 Å². The first-order valence-corrected chi connectivity index (χ1v) is 5.75. The van der Waals surface area contributed by atoms with Gasteiger partial charge in [-0.15, -0.1) is 0 Å². The zero-order valence-electron chi connectivity index (χ0n) is 9.52. The average Bonchev–Trinajstić information content (AvgIpc) is 2.37. The first-order chi connectivity index (χ1) is 8.25. The minimum Gasteiger partial charge on any atom is -0.278 e. The highest BCUT2D eigenvalue weighted by molar-refractivity contribution is 6.30. The van der Waals surface area contributed by atoms with Crippen LogP contribution in [0.15, 0.2) is 59.7 Å². The predicted octanol–water partition coefficient (Wildman–Crippen LogP) is 4.18. The number of benzene rings is 2. The summed E-state index contributed by atoms with van der Waals surface area (Å²) in [7, 11) is 0. The molecule has 0 radical (unpaired) electrons. The third-order valence-electron chi connectivity index (χ3n) is 2.37. The Kier molecular flexibility index (Phi) is 3.78. The van der Waals surface area contributed by atoms with Crippen molar-refractivity contribution in [2.45, 2.75) is 6.92 Å². The molecular weight excluding hydrogens is 232 g/mol. The molecule has 0 unspecified atom stereocenters. The standard InChI is InChI=1S/C14H13ClN2/c1-11(12-6-3-2-4-7-12)16-17-14-9-5-8-13(15)10-14/h2-10,17H,1H3/b16-11-. The van der Waals surface area contributed by atoms with Crippen LogP contribution in [-0.4, -0.2) is 5.71 Å². The predicted molar refractivity (Wildman–Crippen MR) is 73.7 cm³/mol. The molecule has 0 aliphatic heterocycles. The van der Waals surface area contributed by atoms with Gasteiger partial charge in [-0.25, -0.2) is 0 Å². The zero-order chi connectivity index (χ0) is 12.1. The van der Waals surface area contributed by atoms with Gasteiger partial charge in [-0.2, -0.15) is 5.10 Å². The number of hydrogen-bond acceptors (Lipinski definition) is 2. The first kappa shape index (κ1) is 11.7. The van der Waals surface area contributed by atoms with E-state index < -0.39 is 0 Å². The van der Waals surface area contributed by atoms with Gasteiger partial charge in [0.05, 0.1) is 11.4 Å². The third kappa shape index (κ3) is 3.33. The Balaban J connectivity index is 2.11. The van der Waals surface area contributed by atoms with E-state index in [9.17, 15) is 0 Å². The summed E-state index contributed by atoms with van der Waals surface area (Å²) >= 11 is 5.89. The van der Waals surface area contributed by atoms with Gasteiger partial charge in [0.15, 0.2) is 0 Å². The molecule has 0 heterocycles. The Labute approximate surface area is 106 Å².